The summed E-state index contributed by atoms with van der Waals surface area (Å²) >= 11 is 0. The van der Waals surface area contributed by atoms with E-state index in [9.17, 15) is 0 Å². The zero-order chi connectivity index (χ0) is 7.11. The summed E-state index contributed by atoms with van der Waals surface area (Å²) in [4.78, 5) is 0. The first kappa shape index (κ1) is 8.92. The van der Waals surface area contributed by atoms with Gasteiger partial charge in [0.25, 0.3) is 0 Å². The van der Waals surface area contributed by atoms with Crippen LogP contribution in [0.1, 0.15) is 27.2 Å². The first-order valence-electron chi connectivity index (χ1n) is 3.66. The summed E-state index contributed by atoms with van der Waals surface area (Å²) in [5.74, 6) is 0. The Labute approximate surface area is 57.2 Å². The minimum atomic E-state index is 0.0972. The topological polar surface area (TPSA) is 18.5 Å². The Bertz CT molecular complexity index is 48.9. The molecule has 0 bridgehead atoms. The number of hydrogen-bond acceptors (Lipinski definition) is 2. The van der Waals surface area contributed by atoms with Gasteiger partial charge in [-0.2, -0.15) is 0 Å². The molecule has 0 saturated carbocycles. The van der Waals surface area contributed by atoms with Crippen molar-refractivity contribution >= 4 is 0 Å². The highest BCUT2D eigenvalue weighted by Gasteiger charge is 2.11. The summed E-state index contributed by atoms with van der Waals surface area (Å²) < 4.78 is 10.2. The van der Waals surface area contributed by atoms with E-state index in [0.29, 0.717) is 0 Å². The number of hydrogen-bond donors (Lipinski definition) is 0. The monoisotopic (exact) mass is 132 g/mol. The van der Waals surface area contributed by atoms with Gasteiger partial charge in [0, 0.05) is 0 Å². The van der Waals surface area contributed by atoms with Crippen LogP contribution >= 0.6 is 0 Å². The predicted octanol–water partition coefficient (Wildman–Crippen LogP) is 1.80. The van der Waals surface area contributed by atoms with Crippen molar-refractivity contribution in [2.75, 3.05) is 13.2 Å². The molecule has 0 aromatic heterocycles. The zero-order valence-electron chi connectivity index (χ0n) is 6.52. The Morgan fingerprint density at radius 3 is 1.89 bits per heavy atom. The molecular formula is C7H16O2. The van der Waals surface area contributed by atoms with Crippen LogP contribution in [0.3, 0.4) is 0 Å². The molecule has 1 aliphatic heterocycles. The molecule has 0 aromatic rings. The fraction of sp³-hybridized carbons (Fsp3) is 1.00. The van der Waals surface area contributed by atoms with Gasteiger partial charge in [-0.3, -0.25) is 0 Å². The molecule has 0 N–H and O–H groups in total. The van der Waals surface area contributed by atoms with Crippen molar-refractivity contribution in [2.45, 2.75) is 33.5 Å². The number of rotatable bonds is 1. The van der Waals surface area contributed by atoms with Crippen LogP contribution in [-0.2, 0) is 9.47 Å². The van der Waals surface area contributed by atoms with Gasteiger partial charge in [-0.1, -0.05) is 20.8 Å². The van der Waals surface area contributed by atoms with E-state index in [1.165, 1.54) is 0 Å². The summed E-state index contributed by atoms with van der Waals surface area (Å²) in [5, 5.41) is 0. The van der Waals surface area contributed by atoms with Gasteiger partial charge in [0.05, 0.1) is 13.2 Å². The van der Waals surface area contributed by atoms with Crippen molar-refractivity contribution in [1.29, 1.82) is 0 Å². The lowest BCUT2D eigenvalue weighted by molar-refractivity contribution is -0.0430. The van der Waals surface area contributed by atoms with Crippen LogP contribution < -0.4 is 0 Å². The molecule has 0 aromatic carbocycles. The summed E-state index contributed by atoms with van der Waals surface area (Å²) in [7, 11) is 0. The normalized spacial score (nSPS) is 19.0. The third-order valence-electron chi connectivity index (χ3n) is 1.02. The molecule has 1 saturated heterocycles. The van der Waals surface area contributed by atoms with Crippen molar-refractivity contribution in [2.24, 2.45) is 0 Å². The Morgan fingerprint density at radius 1 is 1.22 bits per heavy atom. The van der Waals surface area contributed by atoms with Crippen molar-refractivity contribution in [1.82, 2.24) is 0 Å². The molecule has 1 fully saturated rings. The van der Waals surface area contributed by atoms with E-state index >= 15 is 0 Å². The molecule has 2 heteroatoms. The lowest BCUT2D eigenvalue weighted by Crippen LogP contribution is -2.03. The van der Waals surface area contributed by atoms with E-state index in [4.69, 9.17) is 9.47 Å². The second kappa shape index (κ2) is 6.05. The molecular weight excluding hydrogens is 116 g/mol. The molecule has 1 rings (SSSR count). The smallest absolute Gasteiger partial charge is 0.157 e. The molecule has 1 aliphatic rings. The Morgan fingerprint density at radius 2 is 1.67 bits per heavy atom. The van der Waals surface area contributed by atoms with Crippen LogP contribution in [0.4, 0.5) is 0 Å². The maximum Gasteiger partial charge on any atom is 0.157 e. The fourth-order valence-electron chi connectivity index (χ4n) is 0.643. The molecule has 0 aliphatic carbocycles. The van der Waals surface area contributed by atoms with E-state index < -0.39 is 0 Å². The fourth-order valence-corrected chi connectivity index (χ4v) is 0.643. The summed E-state index contributed by atoms with van der Waals surface area (Å²) in [6, 6.07) is 0. The van der Waals surface area contributed by atoms with Crippen LogP contribution in [0.15, 0.2) is 0 Å². The van der Waals surface area contributed by atoms with Crippen molar-refractivity contribution in [3.8, 4) is 0 Å². The van der Waals surface area contributed by atoms with E-state index in [1.54, 1.807) is 0 Å². The highest BCUT2D eigenvalue weighted by Crippen LogP contribution is 2.05. The Hall–Kier alpha value is -0.0800. The van der Waals surface area contributed by atoms with Crippen molar-refractivity contribution in [3.63, 3.8) is 0 Å². The highest BCUT2D eigenvalue weighted by molar-refractivity contribution is 4.46. The van der Waals surface area contributed by atoms with Crippen molar-refractivity contribution in [3.05, 3.63) is 0 Å². The highest BCUT2D eigenvalue weighted by atomic mass is 16.7. The molecule has 0 radical (unpaired) electrons. The standard InChI is InChI=1S/C5H10O2.C2H6/c1-2-5-6-3-4-7-5;1-2/h5H,2-4H2,1H3;1-2H3. The van der Waals surface area contributed by atoms with Crippen molar-refractivity contribution < 1.29 is 9.47 Å². The molecule has 2 nitrogen and oxygen atoms in total. The van der Waals surface area contributed by atoms with Crippen LogP contribution in [-0.4, -0.2) is 19.5 Å². The van der Waals surface area contributed by atoms with Gasteiger partial charge in [0.2, 0.25) is 0 Å². The van der Waals surface area contributed by atoms with Gasteiger partial charge >= 0.3 is 0 Å². The molecule has 9 heavy (non-hydrogen) atoms. The van der Waals surface area contributed by atoms with E-state index in [-0.39, 0.29) is 6.29 Å². The van der Waals surface area contributed by atoms with Gasteiger partial charge in [-0.25, -0.2) is 0 Å². The molecule has 1 heterocycles. The van der Waals surface area contributed by atoms with Gasteiger partial charge in [0.1, 0.15) is 0 Å². The Balaban J connectivity index is 0.000000291. The second-order valence-corrected chi connectivity index (χ2v) is 1.58. The lowest BCUT2D eigenvalue weighted by atomic mass is 10.5. The van der Waals surface area contributed by atoms with E-state index in [1.807, 2.05) is 13.8 Å². The molecule has 56 valence electrons. The molecule has 0 amide bonds. The second-order valence-electron chi connectivity index (χ2n) is 1.58. The van der Waals surface area contributed by atoms with Gasteiger partial charge in [-0.15, -0.1) is 0 Å². The third-order valence-corrected chi connectivity index (χ3v) is 1.02. The first-order chi connectivity index (χ1) is 4.43. The number of ether oxygens (including phenoxy) is 2. The predicted molar refractivity (Wildman–Crippen MR) is 37.3 cm³/mol. The van der Waals surface area contributed by atoms with E-state index in [2.05, 4.69) is 6.92 Å². The van der Waals surface area contributed by atoms with Crippen LogP contribution in [0, 0.1) is 0 Å². The maximum atomic E-state index is 5.08. The van der Waals surface area contributed by atoms with E-state index in [0.717, 1.165) is 19.6 Å². The third kappa shape index (κ3) is 3.49. The maximum absolute atomic E-state index is 5.08. The van der Waals surface area contributed by atoms with Gasteiger partial charge in [-0.05, 0) is 6.42 Å². The molecule has 0 spiro atoms. The summed E-state index contributed by atoms with van der Waals surface area (Å²) in [6.45, 7) is 7.60. The quantitative estimate of drug-likeness (QED) is 0.541. The van der Waals surface area contributed by atoms with Gasteiger partial charge in [0.15, 0.2) is 6.29 Å². The van der Waals surface area contributed by atoms with Crippen LogP contribution in [0.5, 0.6) is 0 Å². The Kier molecular flexibility index (Phi) is 5.99. The molecule has 0 atom stereocenters. The lowest BCUT2D eigenvalue weighted by Gasteiger charge is -2.01. The zero-order valence-corrected chi connectivity index (χ0v) is 6.52. The minimum absolute atomic E-state index is 0.0972. The van der Waals surface area contributed by atoms with Crippen LogP contribution in [0.2, 0.25) is 0 Å². The summed E-state index contributed by atoms with van der Waals surface area (Å²) in [6.07, 6.45) is 1.07. The molecule has 0 unspecified atom stereocenters. The minimum Gasteiger partial charge on any atom is -0.350 e. The average molecular weight is 132 g/mol. The average Bonchev–Trinajstić information content (AvgIpc) is 2.43. The first-order valence-corrected chi connectivity index (χ1v) is 3.66. The largest absolute Gasteiger partial charge is 0.350 e. The summed E-state index contributed by atoms with van der Waals surface area (Å²) in [5.41, 5.74) is 0. The SMILES string of the molecule is CC.CCC1OCCO1. The van der Waals surface area contributed by atoms with Crippen LogP contribution in [0.25, 0.3) is 0 Å². The van der Waals surface area contributed by atoms with Gasteiger partial charge < -0.3 is 9.47 Å².